The van der Waals surface area contributed by atoms with Crippen molar-refractivity contribution >= 4 is 39.9 Å². The maximum absolute atomic E-state index is 12.2. The lowest BCUT2D eigenvalue weighted by molar-refractivity contribution is -0.385. The molecule has 0 saturated heterocycles. The third-order valence-electron chi connectivity index (χ3n) is 2.79. The third-order valence-corrected chi connectivity index (χ3v) is 3.73. The van der Waals surface area contributed by atoms with Crippen LogP contribution in [0.25, 0.3) is 0 Å². The van der Waals surface area contributed by atoms with E-state index in [1.165, 1.54) is 6.07 Å². The highest BCUT2D eigenvalue weighted by Gasteiger charge is 2.22. The second-order valence-electron chi connectivity index (χ2n) is 4.16. The molecule has 0 atom stereocenters. The minimum atomic E-state index is -0.528. The molecule has 0 radical (unpaired) electrons. The van der Waals surface area contributed by atoms with Crippen molar-refractivity contribution in [1.29, 1.82) is 0 Å². The van der Waals surface area contributed by atoms with Crippen LogP contribution in [0.1, 0.15) is 15.9 Å². The molecule has 2 aromatic carbocycles. The molecule has 1 N–H and O–H groups in total. The van der Waals surface area contributed by atoms with Crippen molar-refractivity contribution in [3.05, 3.63) is 67.3 Å². The molecule has 2 aromatic rings. The van der Waals surface area contributed by atoms with Gasteiger partial charge in [0, 0.05) is 9.13 Å². The van der Waals surface area contributed by atoms with E-state index in [1.807, 2.05) is 12.1 Å². The number of carbonyl (C=O) groups excluding carboxylic acids is 1. The fourth-order valence-corrected chi connectivity index (χ4v) is 2.36. The summed E-state index contributed by atoms with van der Waals surface area (Å²) in [5, 5.41) is 13.8. The number of para-hydroxylation sites is 2. The highest BCUT2D eigenvalue weighted by molar-refractivity contribution is 14.1. The Morgan fingerprint density at radius 2 is 1.90 bits per heavy atom. The lowest BCUT2D eigenvalue weighted by atomic mass is 10.1. The third kappa shape index (κ3) is 2.96. The van der Waals surface area contributed by atoms with Crippen LogP contribution in [0.5, 0.6) is 0 Å². The maximum Gasteiger partial charge on any atom is 0.285 e. The number of amides is 1. The van der Waals surface area contributed by atoms with Crippen LogP contribution < -0.4 is 5.32 Å². The fourth-order valence-electron chi connectivity index (χ4n) is 1.84. The summed E-state index contributed by atoms with van der Waals surface area (Å²) < 4.78 is 0.869. The van der Waals surface area contributed by atoms with Crippen LogP contribution in [-0.2, 0) is 0 Å². The first-order valence-electron chi connectivity index (χ1n) is 5.80. The zero-order valence-corrected chi connectivity index (χ0v) is 12.7. The van der Waals surface area contributed by atoms with Gasteiger partial charge in [-0.25, -0.2) is 0 Å². The molecule has 0 aliphatic heterocycles. The number of nitrogens with one attached hydrogen (secondary N) is 1. The largest absolute Gasteiger partial charge is 0.321 e. The molecule has 0 aliphatic rings. The number of benzene rings is 2. The average molecular weight is 382 g/mol. The molecule has 2 rings (SSSR count). The summed E-state index contributed by atoms with van der Waals surface area (Å²) in [4.78, 5) is 22.8. The van der Waals surface area contributed by atoms with Gasteiger partial charge in [-0.15, -0.1) is 0 Å². The summed E-state index contributed by atoms with van der Waals surface area (Å²) in [6.07, 6.45) is 0. The van der Waals surface area contributed by atoms with Crippen molar-refractivity contribution in [1.82, 2.24) is 0 Å². The van der Waals surface area contributed by atoms with Gasteiger partial charge in [0.1, 0.15) is 5.56 Å². The molecule has 102 valence electrons. The van der Waals surface area contributed by atoms with E-state index in [9.17, 15) is 14.9 Å². The molecule has 0 saturated carbocycles. The molecule has 0 bridgehead atoms. The number of anilines is 1. The molecule has 0 fully saturated rings. The van der Waals surface area contributed by atoms with Crippen LogP contribution in [0.3, 0.4) is 0 Å². The predicted octanol–water partition coefficient (Wildman–Crippen LogP) is 3.76. The van der Waals surface area contributed by atoms with E-state index in [4.69, 9.17) is 0 Å². The summed E-state index contributed by atoms with van der Waals surface area (Å²) in [6, 6.07) is 11.9. The first kappa shape index (κ1) is 14.4. The van der Waals surface area contributed by atoms with E-state index in [1.54, 1.807) is 31.2 Å². The van der Waals surface area contributed by atoms with Crippen LogP contribution in [0, 0.1) is 20.6 Å². The van der Waals surface area contributed by atoms with Gasteiger partial charge < -0.3 is 5.32 Å². The van der Waals surface area contributed by atoms with Crippen molar-refractivity contribution in [2.75, 3.05) is 5.32 Å². The average Bonchev–Trinajstić information content (AvgIpc) is 2.40. The predicted molar refractivity (Wildman–Crippen MR) is 84.9 cm³/mol. The van der Waals surface area contributed by atoms with Gasteiger partial charge in [-0.3, -0.25) is 14.9 Å². The number of carbonyl (C=O) groups is 1. The normalized spacial score (nSPS) is 10.1. The number of halogens is 1. The topological polar surface area (TPSA) is 72.2 Å². The van der Waals surface area contributed by atoms with E-state index >= 15 is 0 Å². The van der Waals surface area contributed by atoms with Crippen molar-refractivity contribution in [3.8, 4) is 0 Å². The van der Waals surface area contributed by atoms with E-state index in [-0.39, 0.29) is 11.3 Å². The molecule has 1 amide bonds. The monoisotopic (exact) mass is 382 g/mol. The highest BCUT2D eigenvalue weighted by Crippen LogP contribution is 2.25. The molecule has 0 aliphatic carbocycles. The van der Waals surface area contributed by atoms with Crippen molar-refractivity contribution < 1.29 is 9.72 Å². The van der Waals surface area contributed by atoms with Gasteiger partial charge in [-0.2, -0.15) is 0 Å². The summed E-state index contributed by atoms with van der Waals surface area (Å²) in [6.45, 7) is 1.61. The number of hydrogen-bond donors (Lipinski definition) is 1. The van der Waals surface area contributed by atoms with Gasteiger partial charge in [0.15, 0.2) is 0 Å². The number of aryl methyl sites for hydroxylation is 1. The maximum atomic E-state index is 12.2. The Labute approximate surface area is 129 Å². The minimum Gasteiger partial charge on any atom is -0.321 e. The Bertz CT molecular complexity index is 686. The van der Waals surface area contributed by atoms with E-state index in [2.05, 4.69) is 27.9 Å². The number of rotatable bonds is 3. The Morgan fingerprint density at radius 1 is 1.20 bits per heavy atom. The van der Waals surface area contributed by atoms with Gasteiger partial charge >= 0.3 is 0 Å². The fraction of sp³-hybridized carbons (Fsp3) is 0.0714. The van der Waals surface area contributed by atoms with E-state index < -0.39 is 10.8 Å². The number of nitrogens with zero attached hydrogens (tertiary/aromatic N) is 1. The van der Waals surface area contributed by atoms with E-state index in [0.717, 1.165) is 3.57 Å². The minimum absolute atomic E-state index is 0.0645. The Hall–Kier alpha value is -1.96. The van der Waals surface area contributed by atoms with Crippen molar-refractivity contribution in [2.24, 2.45) is 0 Å². The molecule has 0 heterocycles. The van der Waals surface area contributed by atoms with Crippen LogP contribution in [0.15, 0.2) is 42.5 Å². The molecule has 0 spiro atoms. The van der Waals surface area contributed by atoms with Crippen molar-refractivity contribution in [2.45, 2.75) is 6.92 Å². The summed E-state index contributed by atoms with van der Waals surface area (Å²) in [5.74, 6) is -0.482. The molecular formula is C14H11IN2O3. The number of hydrogen-bond acceptors (Lipinski definition) is 3. The van der Waals surface area contributed by atoms with Crippen LogP contribution >= 0.6 is 22.6 Å². The zero-order chi connectivity index (χ0) is 14.7. The van der Waals surface area contributed by atoms with Gasteiger partial charge in [-0.1, -0.05) is 24.3 Å². The van der Waals surface area contributed by atoms with E-state index in [0.29, 0.717) is 11.3 Å². The summed E-state index contributed by atoms with van der Waals surface area (Å²) in [5.41, 5.74) is 1.00. The molecule has 0 unspecified atom stereocenters. The van der Waals surface area contributed by atoms with Gasteiger partial charge in [0.05, 0.1) is 10.6 Å². The number of nitro benzene ring substituents is 1. The van der Waals surface area contributed by atoms with Crippen LogP contribution in [-0.4, -0.2) is 10.8 Å². The lowest BCUT2D eigenvalue weighted by Gasteiger charge is -2.08. The van der Waals surface area contributed by atoms with Gasteiger partial charge in [-0.05, 0) is 47.7 Å². The Morgan fingerprint density at radius 3 is 2.55 bits per heavy atom. The van der Waals surface area contributed by atoms with Crippen LogP contribution in [0.4, 0.5) is 11.4 Å². The molecule has 6 heteroatoms. The quantitative estimate of drug-likeness (QED) is 0.499. The Kier molecular flexibility index (Phi) is 4.33. The summed E-state index contributed by atoms with van der Waals surface area (Å²) >= 11 is 2.09. The Balaban J connectivity index is 2.38. The highest BCUT2D eigenvalue weighted by atomic mass is 127. The molecule has 20 heavy (non-hydrogen) atoms. The molecule has 0 aromatic heterocycles. The summed E-state index contributed by atoms with van der Waals surface area (Å²) in [7, 11) is 0. The second kappa shape index (κ2) is 6.00. The van der Waals surface area contributed by atoms with Gasteiger partial charge in [0.25, 0.3) is 11.6 Å². The van der Waals surface area contributed by atoms with Crippen molar-refractivity contribution in [3.63, 3.8) is 0 Å². The number of nitro groups is 1. The van der Waals surface area contributed by atoms with Gasteiger partial charge in [0.2, 0.25) is 0 Å². The SMILES string of the molecule is Cc1cccc(C(=O)Nc2ccccc2I)c1[N+](=O)[O-]. The van der Waals surface area contributed by atoms with Crippen LogP contribution in [0.2, 0.25) is 0 Å². The first-order valence-corrected chi connectivity index (χ1v) is 6.88. The lowest BCUT2D eigenvalue weighted by Crippen LogP contribution is -2.15. The molecular weight excluding hydrogens is 371 g/mol. The molecule has 5 nitrogen and oxygen atoms in total. The zero-order valence-electron chi connectivity index (χ0n) is 10.6. The first-order chi connectivity index (χ1) is 9.50. The smallest absolute Gasteiger partial charge is 0.285 e. The standard InChI is InChI=1S/C14H11IN2O3/c1-9-5-4-6-10(13(9)17(19)20)14(18)16-12-8-3-2-7-11(12)15/h2-8H,1H3,(H,16,18). The second-order valence-corrected chi connectivity index (χ2v) is 5.32.